The number of nitrogens with one attached hydrogen (secondary N) is 1. The normalized spacial score (nSPS) is 10.8. The molecule has 0 aliphatic carbocycles. The molecular formula is C23H23N5OS. The number of amides is 1. The number of nitrogens with zero attached hydrogens (tertiary/aromatic N) is 3. The van der Waals surface area contributed by atoms with E-state index < -0.39 is 0 Å². The van der Waals surface area contributed by atoms with E-state index in [2.05, 4.69) is 15.4 Å². The molecule has 152 valence electrons. The van der Waals surface area contributed by atoms with Crippen LogP contribution in [0.15, 0.2) is 66.0 Å². The fourth-order valence-corrected chi connectivity index (χ4v) is 3.97. The Labute approximate surface area is 179 Å². The second-order valence-electron chi connectivity index (χ2n) is 7.04. The van der Waals surface area contributed by atoms with Crippen LogP contribution in [0, 0.1) is 6.92 Å². The summed E-state index contributed by atoms with van der Waals surface area (Å²) >= 11 is 1.60. The van der Waals surface area contributed by atoms with Crippen LogP contribution in [0.3, 0.4) is 0 Å². The van der Waals surface area contributed by atoms with Gasteiger partial charge in [-0.15, -0.1) is 11.3 Å². The average molecular weight is 418 g/mol. The van der Waals surface area contributed by atoms with Crippen molar-refractivity contribution in [1.82, 2.24) is 20.1 Å². The van der Waals surface area contributed by atoms with E-state index in [-0.39, 0.29) is 5.91 Å². The van der Waals surface area contributed by atoms with Gasteiger partial charge in [-0.25, -0.2) is 9.67 Å². The van der Waals surface area contributed by atoms with Gasteiger partial charge in [0.2, 0.25) is 0 Å². The van der Waals surface area contributed by atoms with Gasteiger partial charge in [-0.1, -0.05) is 30.3 Å². The molecule has 4 rings (SSSR count). The Bertz CT molecular complexity index is 1130. The van der Waals surface area contributed by atoms with Crippen LogP contribution in [0.1, 0.15) is 28.2 Å². The van der Waals surface area contributed by atoms with Crippen molar-refractivity contribution in [2.75, 3.05) is 12.3 Å². The smallest absolute Gasteiger partial charge is 0.251 e. The molecule has 3 N–H and O–H groups in total. The topological polar surface area (TPSA) is 85.8 Å². The molecule has 2 aromatic heterocycles. The number of anilines is 1. The van der Waals surface area contributed by atoms with E-state index in [1.807, 2.05) is 73.0 Å². The van der Waals surface area contributed by atoms with Crippen molar-refractivity contribution in [3.63, 3.8) is 0 Å². The lowest BCUT2D eigenvalue weighted by Crippen LogP contribution is -2.24. The highest BCUT2D eigenvalue weighted by molar-refractivity contribution is 7.13. The Morgan fingerprint density at radius 2 is 1.90 bits per heavy atom. The zero-order valence-corrected chi connectivity index (χ0v) is 17.5. The third-order valence-electron chi connectivity index (χ3n) is 4.70. The number of aryl methyl sites for hydroxylation is 2. The largest absolute Gasteiger partial charge is 0.384 e. The molecule has 0 unspecified atom stereocenters. The van der Waals surface area contributed by atoms with E-state index in [0.29, 0.717) is 17.9 Å². The Morgan fingerprint density at radius 3 is 2.60 bits per heavy atom. The predicted molar refractivity (Wildman–Crippen MR) is 121 cm³/mol. The Balaban J connectivity index is 1.28. The number of rotatable bonds is 7. The van der Waals surface area contributed by atoms with Crippen LogP contribution in [-0.2, 0) is 6.42 Å². The summed E-state index contributed by atoms with van der Waals surface area (Å²) in [5.41, 5.74) is 10.6. The van der Waals surface area contributed by atoms with E-state index in [1.54, 1.807) is 16.0 Å². The number of para-hydroxylation sites is 1. The number of aromatic nitrogens is 3. The lowest BCUT2D eigenvalue weighted by molar-refractivity contribution is 0.0953. The van der Waals surface area contributed by atoms with Crippen molar-refractivity contribution in [1.29, 1.82) is 0 Å². The van der Waals surface area contributed by atoms with Crippen LogP contribution in [0.25, 0.3) is 16.3 Å². The Hall–Kier alpha value is -3.45. The van der Waals surface area contributed by atoms with Gasteiger partial charge >= 0.3 is 0 Å². The van der Waals surface area contributed by atoms with Crippen molar-refractivity contribution >= 4 is 23.1 Å². The third kappa shape index (κ3) is 4.58. The van der Waals surface area contributed by atoms with Crippen LogP contribution in [0.4, 0.5) is 5.82 Å². The summed E-state index contributed by atoms with van der Waals surface area (Å²) in [6, 6.07) is 19.2. The first-order valence-electron chi connectivity index (χ1n) is 9.81. The molecular weight excluding hydrogens is 394 g/mol. The summed E-state index contributed by atoms with van der Waals surface area (Å²) in [4.78, 5) is 16.9. The van der Waals surface area contributed by atoms with E-state index in [4.69, 9.17) is 5.73 Å². The molecule has 4 aromatic rings. The van der Waals surface area contributed by atoms with Gasteiger partial charge in [0.15, 0.2) is 0 Å². The number of hydrogen-bond acceptors (Lipinski definition) is 5. The van der Waals surface area contributed by atoms with Crippen molar-refractivity contribution in [3.8, 4) is 16.3 Å². The molecule has 0 bridgehead atoms. The number of nitrogens with two attached hydrogens (primary N) is 1. The summed E-state index contributed by atoms with van der Waals surface area (Å²) in [6.45, 7) is 2.55. The first-order chi connectivity index (χ1) is 14.6. The molecule has 0 saturated heterocycles. The van der Waals surface area contributed by atoms with Gasteiger partial charge in [0.25, 0.3) is 5.91 Å². The molecule has 0 fully saturated rings. The number of carbonyl (C=O) groups excluding carboxylic acids is 1. The Morgan fingerprint density at radius 1 is 1.13 bits per heavy atom. The van der Waals surface area contributed by atoms with Crippen molar-refractivity contribution < 1.29 is 4.79 Å². The van der Waals surface area contributed by atoms with Crippen LogP contribution in [-0.4, -0.2) is 27.2 Å². The highest BCUT2D eigenvalue weighted by Crippen LogP contribution is 2.23. The maximum absolute atomic E-state index is 12.4. The maximum Gasteiger partial charge on any atom is 0.251 e. The average Bonchev–Trinajstić information content (AvgIpc) is 3.37. The van der Waals surface area contributed by atoms with Gasteiger partial charge in [0.05, 0.1) is 11.4 Å². The molecule has 30 heavy (non-hydrogen) atoms. The molecule has 0 spiro atoms. The molecule has 0 saturated carbocycles. The van der Waals surface area contributed by atoms with Crippen molar-refractivity contribution in [2.24, 2.45) is 0 Å². The molecule has 6 nitrogen and oxygen atoms in total. The summed E-state index contributed by atoms with van der Waals surface area (Å²) in [6.07, 6.45) is 1.53. The SMILES string of the molecule is Cc1csc(-c2ccc(C(=O)NCCCc3cc(N)n(-c4ccccc4)n3)cc2)n1. The van der Waals surface area contributed by atoms with Crippen LogP contribution in [0.2, 0.25) is 0 Å². The first kappa shape index (κ1) is 19.8. The highest BCUT2D eigenvalue weighted by Gasteiger charge is 2.09. The molecule has 0 radical (unpaired) electrons. The van der Waals surface area contributed by atoms with Crippen molar-refractivity contribution in [3.05, 3.63) is 83.0 Å². The summed E-state index contributed by atoms with van der Waals surface area (Å²) < 4.78 is 1.74. The number of nitrogen functional groups attached to an aromatic ring is 1. The molecule has 2 heterocycles. The van der Waals surface area contributed by atoms with Crippen molar-refractivity contribution in [2.45, 2.75) is 19.8 Å². The van der Waals surface area contributed by atoms with E-state index in [9.17, 15) is 4.79 Å². The van der Waals surface area contributed by atoms with E-state index in [1.165, 1.54) is 0 Å². The number of benzene rings is 2. The van der Waals surface area contributed by atoms with Gasteiger partial charge in [-0.2, -0.15) is 5.10 Å². The fourth-order valence-electron chi connectivity index (χ4n) is 3.17. The van der Waals surface area contributed by atoms with Gasteiger partial charge in [-0.05, 0) is 44.0 Å². The van der Waals surface area contributed by atoms with Gasteiger partial charge in [0, 0.05) is 34.8 Å². The van der Waals surface area contributed by atoms with E-state index >= 15 is 0 Å². The number of hydrogen-bond donors (Lipinski definition) is 2. The predicted octanol–water partition coefficient (Wildman–Crippen LogP) is 4.25. The fraction of sp³-hybridized carbons (Fsp3) is 0.174. The van der Waals surface area contributed by atoms with Gasteiger partial charge in [-0.3, -0.25) is 4.79 Å². The van der Waals surface area contributed by atoms with Crippen LogP contribution in [0.5, 0.6) is 0 Å². The molecule has 0 aliphatic rings. The van der Waals surface area contributed by atoms with Gasteiger partial charge < -0.3 is 11.1 Å². The highest BCUT2D eigenvalue weighted by atomic mass is 32.1. The standard InChI is InChI=1S/C23H23N5OS/c1-16-15-30-23(26-16)18-11-9-17(10-12-18)22(29)25-13-5-6-19-14-21(24)28(27-19)20-7-3-2-4-8-20/h2-4,7-12,14-15H,5-6,13,24H2,1H3,(H,25,29). The van der Waals surface area contributed by atoms with Crippen LogP contribution >= 0.6 is 11.3 Å². The summed E-state index contributed by atoms with van der Waals surface area (Å²) in [5.74, 6) is 0.530. The quantitative estimate of drug-likeness (QED) is 0.440. The number of carbonyl (C=O) groups is 1. The zero-order chi connectivity index (χ0) is 20.9. The molecule has 7 heteroatoms. The molecule has 1 amide bonds. The maximum atomic E-state index is 12.4. The second kappa shape index (κ2) is 8.92. The second-order valence-corrected chi connectivity index (χ2v) is 7.90. The number of thiazole rings is 1. The minimum Gasteiger partial charge on any atom is -0.384 e. The lowest BCUT2D eigenvalue weighted by Gasteiger charge is -2.05. The summed E-state index contributed by atoms with van der Waals surface area (Å²) in [7, 11) is 0. The minimum atomic E-state index is -0.0776. The lowest BCUT2D eigenvalue weighted by atomic mass is 10.1. The third-order valence-corrected chi connectivity index (χ3v) is 5.71. The first-order valence-corrected chi connectivity index (χ1v) is 10.7. The molecule has 2 aromatic carbocycles. The molecule has 0 atom stereocenters. The minimum absolute atomic E-state index is 0.0776. The van der Waals surface area contributed by atoms with E-state index in [0.717, 1.165) is 40.5 Å². The van der Waals surface area contributed by atoms with Crippen LogP contribution < -0.4 is 11.1 Å². The van der Waals surface area contributed by atoms with Gasteiger partial charge in [0.1, 0.15) is 10.8 Å². The Kier molecular flexibility index (Phi) is 5.90. The summed E-state index contributed by atoms with van der Waals surface area (Å²) in [5, 5.41) is 10.5. The monoisotopic (exact) mass is 417 g/mol. The molecule has 0 aliphatic heterocycles. The zero-order valence-electron chi connectivity index (χ0n) is 16.7.